The second-order valence-electron chi connectivity index (χ2n) is 4.44. The van der Waals surface area contributed by atoms with Crippen molar-refractivity contribution in [2.75, 3.05) is 33.1 Å². The number of nitrogens with one attached hydrogen (secondary N) is 2. The number of rotatable bonds is 10. The van der Waals surface area contributed by atoms with Crippen LogP contribution in [-0.4, -0.2) is 39.0 Å². The van der Waals surface area contributed by atoms with Crippen molar-refractivity contribution in [2.45, 2.75) is 24.3 Å². The van der Waals surface area contributed by atoms with Gasteiger partial charge in [0.15, 0.2) is 0 Å². The van der Waals surface area contributed by atoms with E-state index in [0.29, 0.717) is 6.42 Å². The highest BCUT2D eigenvalue weighted by molar-refractivity contribution is 7.99. The number of hydrogen-bond donors (Lipinski definition) is 2. The molecular weight excluding hydrogens is 272 g/mol. The molecule has 0 bridgehead atoms. The smallest absolute Gasteiger partial charge is 0.219 e. The maximum absolute atomic E-state index is 11.1. The highest BCUT2D eigenvalue weighted by atomic mass is 32.2. The van der Waals surface area contributed by atoms with Crippen molar-refractivity contribution in [3.05, 3.63) is 29.8 Å². The van der Waals surface area contributed by atoms with Crippen molar-refractivity contribution in [3.63, 3.8) is 0 Å². The van der Waals surface area contributed by atoms with Crippen LogP contribution in [0.5, 0.6) is 0 Å². The molecule has 0 saturated carbocycles. The highest BCUT2D eigenvalue weighted by Gasteiger charge is 1.99. The largest absolute Gasteiger partial charge is 0.383 e. The maximum atomic E-state index is 11.1. The van der Waals surface area contributed by atoms with E-state index in [2.05, 4.69) is 34.9 Å². The number of amides is 1. The topological polar surface area (TPSA) is 50.4 Å². The molecule has 20 heavy (non-hydrogen) atoms. The summed E-state index contributed by atoms with van der Waals surface area (Å²) in [7, 11) is 3.38. The number of carbonyl (C=O) groups is 1. The average molecular weight is 296 g/mol. The molecule has 0 radical (unpaired) electrons. The van der Waals surface area contributed by atoms with E-state index < -0.39 is 0 Å². The molecule has 1 aromatic rings. The predicted octanol–water partition coefficient (Wildman–Crippen LogP) is 2.04. The van der Waals surface area contributed by atoms with Crippen LogP contribution in [-0.2, 0) is 16.1 Å². The quantitative estimate of drug-likeness (QED) is 0.512. The number of thioether (sulfide) groups is 1. The van der Waals surface area contributed by atoms with Crippen LogP contribution < -0.4 is 10.6 Å². The van der Waals surface area contributed by atoms with Crippen LogP contribution in [0, 0.1) is 0 Å². The second-order valence-corrected chi connectivity index (χ2v) is 5.61. The molecule has 4 nitrogen and oxygen atoms in total. The number of ether oxygens (including phenoxy) is 1. The van der Waals surface area contributed by atoms with E-state index in [9.17, 15) is 4.79 Å². The molecular formula is C15H24N2O2S. The predicted molar refractivity (Wildman–Crippen MR) is 84.0 cm³/mol. The molecule has 0 spiro atoms. The van der Waals surface area contributed by atoms with Gasteiger partial charge in [0.25, 0.3) is 0 Å². The summed E-state index contributed by atoms with van der Waals surface area (Å²) < 4.78 is 4.98. The van der Waals surface area contributed by atoms with Gasteiger partial charge in [0, 0.05) is 38.6 Å². The van der Waals surface area contributed by atoms with Crippen molar-refractivity contribution in [1.82, 2.24) is 10.6 Å². The van der Waals surface area contributed by atoms with E-state index in [-0.39, 0.29) is 5.91 Å². The zero-order valence-electron chi connectivity index (χ0n) is 12.3. The first kappa shape index (κ1) is 17.0. The molecule has 0 aliphatic heterocycles. The van der Waals surface area contributed by atoms with E-state index in [1.807, 2.05) is 0 Å². The molecule has 112 valence electrons. The first-order chi connectivity index (χ1) is 9.76. The number of hydrogen-bond acceptors (Lipinski definition) is 4. The molecule has 0 unspecified atom stereocenters. The van der Waals surface area contributed by atoms with Gasteiger partial charge < -0.3 is 15.4 Å². The second kappa shape index (κ2) is 10.7. The molecule has 1 amide bonds. The van der Waals surface area contributed by atoms with Crippen LogP contribution in [0.1, 0.15) is 18.4 Å². The van der Waals surface area contributed by atoms with Crippen molar-refractivity contribution >= 4 is 17.7 Å². The Morgan fingerprint density at radius 2 is 2.05 bits per heavy atom. The Bertz CT molecular complexity index is 382. The van der Waals surface area contributed by atoms with E-state index >= 15 is 0 Å². The van der Waals surface area contributed by atoms with Gasteiger partial charge in [0.1, 0.15) is 0 Å². The van der Waals surface area contributed by atoms with Crippen molar-refractivity contribution in [3.8, 4) is 0 Å². The SMILES string of the molecule is CNC(=O)CCCSc1ccc(CNCCOC)cc1. The number of benzene rings is 1. The molecule has 5 heteroatoms. The van der Waals surface area contributed by atoms with Gasteiger partial charge in [-0.3, -0.25) is 4.79 Å². The summed E-state index contributed by atoms with van der Waals surface area (Å²) in [6, 6.07) is 8.55. The fourth-order valence-electron chi connectivity index (χ4n) is 1.66. The first-order valence-electron chi connectivity index (χ1n) is 6.88. The Kier molecular flexibility index (Phi) is 9.11. The normalized spacial score (nSPS) is 10.5. The lowest BCUT2D eigenvalue weighted by molar-refractivity contribution is -0.120. The summed E-state index contributed by atoms with van der Waals surface area (Å²) in [4.78, 5) is 12.3. The minimum Gasteiger partial charge on any atom is -0.383 e. The summed E-state index contributed by atoms with van der Waals surface area (Å²) in [5.74, 6) is 1.09. The van der Waals surface area contributed by atoms with Gasteiger partial charge in [0.05, 0.1) is 6.61 Å². The molecule has 0 atom stereocenters. The van der Waals surface area contributed by atoms with Crippen LogP contribution in [0.3, 0.4) is 0 Å². The van der Waals surface area contributed by atoms with Crippen LogP contribution in [0.15, 0.2) is 29.2 Å². The van der Waals surface area contributed by atoms with Gasteiger partial charge >= 0.3 is 0 Å². The molecule has 0 aliphatic carbocycles. The third kappa shape index (κ3) is 7.53. The Morgan fingerprint density at radius 1 is 1.30 bits per heavy atom. The fraction of sp³-hybridized carbons (Fsp3) is 0.533. The minimum absolute atomic E-state index is 0.114. The lowest BCUT2D eigenvalue weighted by Gasteiger charge is -2.06. The summed E-state index contributed by atoms with van der Waals surface area (Å²) >= 11 is 1.79. The third-order valence-corrected chi connectivity index (χ3v) is 3.93. The third-order valence-electron chi connectivity index (χ3n) is 2.83. The molecule has 2 N–H and O–H groups in total. The van der Waals surface area contributed by atoms with Crippen molar-refractivity contribution in [1.29, 1.82) is 0 Å². The zero-order valence-corrected chi connectivity index (χ0v) is 13.1. The monoisotopic (exact) mass is 296 g/mol. The fourth-order valence-corrected chi connectivity index (χ4v) is 2.51. The summed E-state index contributed by atoms with van der Waals surface area (Å²) in [5.41, 5.74) is 1.27. The van der Waals surface area contributed by atoms with E-state index in [1.54, 1.807) is 25.9 Å². The molecule has 0 saturated heterocycles. The van der Waals surface area contributed by atoms with Crippen LogP contribution in [0.25, 0.3) is 0 Å². The average Bonchev–Trinajstić information content (AvgIpc) is 2.49. The van der Waals surface area contributed by atoms with Gasteiger partial charge in [-0.1, -0.05) is 12.1 Å². The molecule has 1 rings (SSSR count). The molecule has 0 aliphatic rings. The summed E-state index contributed by atoms with van der Waals surface area (Å²) in [5, 5.41) is 5.95. The van der Waals surface area contributed by atoms with Crippen LogP contribution in [0.2, 0.25) is 0 Å². The van der Waals surface area contributed by atoms with Gasteiger partial charge in [-0.25, -0.2) is 0 Å². The summed E-state index contributed by atoms with van der Waals surface area (Å²) in [6.07, 6.45) is 1.51. The van der Waals surface area contributed by atoms with E-state index in [1.165, 1.54) is 10.5 Å². The van der Waals surface area contributed by atoms with Crippen LogP contribution in [0.4, 0.5) is 0 Å². The van der Waals surface area contributed by atoms with E-state index in [4.69, 9.17) is 4.74 Å². The number of methoxy groups -OCH3 is 1. The maximum Gasteiger partial charge on any atom is 0.219 e. The van der Waals surface area contributed by atoms with E-state index in [0.717, 1.165) is 31.9 Å². The lowest BCUT2D eigenvalue weighted by Crippen LogP contribution is -2.18. The Labute approximate surface area is 125 Å². The number of carbonyl (C=O) groups excluding carboxylic acids is 1. The zero-order chi connectivity index (χ0) is 14.6. The standard InChI is InChI=1S/C15H24N2O2S/c1-16-15(18)4-3-11-20-14-7-5-13(6-8-14)12-17-9-10-19-2/h5-8,17H,3-4,9-12H2,1-2H3,(H,16,18). The van der Waals surface area contributed by atoms with Gasteiger partial charge in [-0.2, -0.15) is 0 Å². The molecule has 0 fully saturated rings. The molecule has 0 heterocycles. The van der Waals surface area contributed by atoms with Gasteiger partial charge in [-0.05, 0) is 29.9 Å². The Balaban J connectivity index is 2.19. The highest BCUT2D eigenvalue weighted by Crippen LogP contribution is 2.19. The van der Waals surface area contributed by atoms with Crippen molar-refractivity contribution in [2.24, 2.45) is 0 Å². The Morgan fingerprint density at radius 3 is 2.70 bits per heavy atom. The minimum atomic E-state index is 0.114. The molecule has 1 aromatic carbocycles. The van der Waals surface area contributed by atoms with Crippen molar-refractivity contribution < 1.29 is 9.53 Å². The Hall–Kier alpha value is -1.04. The van der Waals surface area contributed by atoms with Crippen LogP contribution >= 0.6 is 11.8 Å². The first-order valence-corrected chi connectivity index (χ1v) is 7.87. The van der Waals surface area contributed by atoms with Gasteiger partial charge in [0.2, 0.25) is 5.91 Å². The summed E-state index contributed by atoms with van der Waals surface area (Å²) in [6.45, 7) is 2.47. The lowest BCUT2D eigenvalue weighted by atomic mass is 10.2. The van der Waals surface area contributed by atoms with Gasteiger partial charge in [-0.15, -0.1) is 11.8 Å². The molecule has 0 aromatic heterocycles.